The summed E-state index contributed by atoms with van der Waals surface area (Å²) in [5.41, 5.74) is 1.05. The van der Waals surface area contributed by atoms with Crippen LogP contribution < -0.4 is 5.32 Å². The number of rotatable bonds is 8. The largest absolute Gasteiger partial charge is 0.441 e. The number of aromatic nitrogens is 1. The summed E-state index contributed by atoms with van der Waals surface area (Å²) < 4.78 is 11.8. The van der Waals surface area contributed by atoms with Crippen LogP contribution in [0.4, 0.5) is 0 Å². The summed E-state index contributed by atoms with van der Waals surface area (Å²) in [6.45, 7) is 2.57. The highest BCUT2D eigenvalue weighted by atomic mass is 79.9. The Kier molecular flexibility index (Phi) is 6.24. The molecule has 0 amide bonds. The molecule has 0 saturated heterocycles. The molecular weight excluding hydrogens is 320 g/mol. The van der Waals surface area contributed by atoms with E-state index in [9.17, 15) is 0 Å². The van der Waals surface area contributed by atoms with Crippen LogP contribution in [0.1, 0.15) is 12.3 Å². The highest BCUT2D eigenvalue weighted by molar-refractivity contribution is 9.10. The van der Waals surface area contributed by atoms with Gasteiger partial charge in [0.05, 0.1) is 12.8 Å². The minimum absolute atomic E-state index is 0.743. The molecule has 4 nitrogen and oxygen atoms in total. The summed E-state index contributed by atoms with van der Waals surface area (Å²) in [6.07, 6.45) is 3.64. The van der Waals surface area contributed by atoms with Crippen molar-refractivity contribution in [2.75, 3.05) is 26.8 Å². The third kappa shape index (κ3) is 4.74. The first kappa shape index (κ1) is 15.2. The van der Waals surface area contributed by atoms with E-state index in [0.717, 1.165) is 54.2 Å². The lowest BCUT2D eigenvalue weighted by atomic mass is 10.2. The van der Waals surface area contributed by atoms with E-state index in [1.165, 1.54) is 0 Å². The monoisotopic (exact) mass is 338 g/mol. The Morgan fingerprint density at radius 1 is 1.25 bits per heavy atom. The van der Waals surface area contributed by atoms with Gasteiger partial charge >= 0.3 is 0 Å². The molecule has 1 N–H and O–H groups in total. The van der Waals surface area contributed by atoms with E-state index < -0.39 is 0 Å². The van der Waals surface area contributed by atoms with Crippen LogP contribution in [-0.4, -0.2) is 31.8 Å². The maximum atomic E-state index is 5.76. The molecule has 0 aliphatic carbocycles. The first-order valence-corrected chi connectivity index (χ1v) is 7.49. The molecule has 20 heavy (non-hydrogen) atoms. The van der Waals surface area contributed by atoms with E-state index in [-0.39, 0.29) is 0 Å². The average Bonchev–Trinajstić information content (AvgIpc) is 2.92. The maximum Gasteiger partial charge on any atom is 0.194 e. The molecule has 0 fully saturated rings. The van der Waals surface area contributed by atoms with Gasteiger partial charge in [0, 0.05) is 30.1 Å². The molecule has 0 atom stereocenters. The van der Waals surface area contributed by atoms with Crippen molar-refractivity contribution in [2.45, 2.75) is 12.8 Å². The van der Waals surface area contributed by atoms with E-state index in [4.69, 9.17) is 9.15 Å². The summed E-state index contributed by atoms with van der Waals surface area (Å²) in [6, 6.07) is 8.02. The van der Waals surface area contributed by atoms with Crippen molar-refractivity contribution in [1.29, 1.82) is 0 Å². The number of hydrogen-bond acceptors (Lipinski definition) is 4. The molecular formula is C15H19BrN2O2. The van der Waals surface area contributed by atoms with Crippen molar-refractivity contribution in [3.05, 3.63) is 40.8 Å². The van der Waals surface area contributed by atoms with Crippen molar-refractivity contribution in [2.24, 2.45) is 0 Å². The molecule has 0 unspecified atom stereocenters. The normalized spacial score (nSPS) is 10.9. The zero-order valence-electron chi connectivity index (χ0n) is 11.6. The Balaban J connectivity index is 1.79. The quantitative estimate of drug-likeness (QED) is 0.750. The summed E-state index contributed by atoms with van der Waals surface area (Å²) in [5.74, 6) is 1.61. The van der Waals surface area contributed by atoms with Gasteiger partial charge in [-0.15, -0.1) is 0 Å². The molecule has 0 saturated carbocycles. The van der Waals surface area contributed by atoms with E-state index in [0.29, 0.717) is 0 Å². The fourth-order valence-corrected chi connectivity index (χ4v) is 2.10. The topological polar surface area (TPSA) is 47.3 Å². The lowest BCUT2D eigenvalue weighted by molar-refractivity contribution is 0.199. The summed E-state index contributed by atoms with van der Waals surface area (Å²) in [7, 11) is 1.71. The van der Waals surface area contributed by atoms with Gasteiger partial charge < -0.3 is 14.5 Å². The van der Waals surface area contributed by atoms with Crippen LogP contribution in [-0.2, 0) is 11.2 Å². The minimum atomic E-state index is 0.743. The zero-order valence-corrected chi connectivity index (χ0v) is 13.1. The van der Waals surface area contributed by atoms with Gasteiger partial charge in [-0.3, -0.25) is 0 Å². The number of hydrogen-bond donors (Lipinski definition) is 1. The van der Waals surface area contributed by atoms with Crippen molar-refractivity contribution in [3.63, 3.8) is 0 Å². The van der Waals surface area contributed by atoms with Gasteiger partial charge in [-0.1, -0.05) is 28.1 Å². The maximum absolute atomic E-state index is 5.76. The molecule has 0 bridgehead atoms. The second-order valence-electron chi connectivity index (χ2n) is 4.47. The number of nitrogens with one attached hydrogen (secondary N) is 1. The number of methoxy groups -OCH3 is 1. The van der Waals surface area contributed by atoms with Crippen molar-refractivity contribution < 1.29 is 9.15 Å². The first-order chi connectivity index (χ1) is 9.79. The number of oxazole rings is 1. The summed E-state index contributed by atoms with van der Waals surface area (Å²) in [5, 5.41) is 3.30. The van der Waals surface area contributed by atoms with Gasteiger partial charge in [0.1, 0.15) is 0 Å². The third-order valence-electron chi connectivity index (χ3n) is 2.91. The van der Waals surface area contributed by atoms with Gasteiger partial charge in [-0.05, 0) is 25.1 Å². The lowest BCUT2D eigenvalue weighted by Gasteiger charge is -2.02. The molecule has 1 aromatic heterocycles. The van der Waals surface area contributed by atoms with Crippen LogP contribution in [0.15, 0.2) is 39.4 Å². The number of ether oxygens (including phenoxy) is 1. The number of benzene rings is 1. The Bertz CT molecular complexity index is 511. The average molecular weight is 339 g/mol. The van der Waals surface area contributed by atoms with E-state index in [2.05, 4.69) is 26.2 Å². The SMILES string of the molecule is COCCNCCCc1ncc(-c2ccc(Br)cc2)o1. The van der Waals surface area contributed by atoms with Crippen LogP contribution in [0.5, 0.6) is 0 Å². The van der Waals surface area contributed by atoms with Crippen LogP contribution in [0, 0.1) is 0 Å². The number of aryl methyl sites for hydroxylation is 1. The second kappa shape index (κ2) is 8.19. The van der Waals surface area contributed by atoms with Gasteiger partial charge in [0.2, 0.25) is 0 Å². The smallest absolute Gasteiger partial charge is 0.194 e. The summed E-state index contributed by atoms with van der Waals surface area (Å²) >= 11 is 3.42. The molecule has 0 spiro atoms. The Morgan fingerprint density at radius 3 is 2.80 bits per heavy atom. The predicted octanol–water partition coefficient (Wildman–Crippen LogP) is 3.27. The van der Waals surface area contributed by atoms with Crippen molar-refractivity contribution in [3.8, 4) is 11.3 Å². The summed E-state index contributed by atoms with van der Waals surface area (Å²) in [4.78, 5) is 4.32. The lowest BCUT2D eigenvalue weighted by Crippen LogP contribution is -2.20. The van der Waals surface area contributed by atoms with Crippen LogP contribution >= 0.6 is 15.9 Å². The van der Waals surface area contributed by atoms with E-state index >= 15 is 0 Å². The van der Waals surface area contributed by atoms with E-state index in [1.54, 1.807) is 13.3 Å². The van der Waals surface area contributed by atoms with Gasteiger partial charge in [0.15, 0.2) is 11.7 Å². The molecule has 1 heterocycles. The Labute approximate surface area is 127 Å². The van der Waals surface area contributed by atoms with Crippen molar-refractivity contribution in [1.82, 2.24) is 10.3 Å². The standard InChI is InChI=1S/C15H19BrN2O2/c1-19-10-9-17-8-2-3-15-18-11-14(20-15)12-4-6-13(16)7-5-12/h4-7,11,17H,2-3,8-10H2,1H3. The first-order valence-electron chi connectivity index (χ1n) is 6.70. The Hall–Kier alpha value is -1.17. The van der Waals surface area contributed by atoms with Crippen molar-refractivity contribution >= 4 is 15.9 Å². The Morgan fingerprint density at radius 2 is 2.05 bits per heavy atom. The van der Waals surface area contributed by atoms with Crippen LogP contribution in [0.2, 0.25) is 0 Å². The minimum Gasteiger partial charge on any atom is -0.441 e. The molecule has 2 rings (SSSR count). The number of halogens is 1. The van der Waals surface area contributed by atoms with Crippen LogP contribution in [0.3, 0.4) is 0 Å². The highest BCUT2D eigenvalue weighted by Crippen LogP contribution is 2.22. The van der Waals surface area contributed by atoms with Gasteiger partial charge in [0.25, 0.3) is 0 Å². The number of nitrogens with zero attached hydrogens (tertiary/aromatic N) is 1. The molecule has 0 aliphatic rings. The van der Waals surface area contributed by atoms with Gasteiger partial charge in [-0.25, -0.2) is 4.98 Å². The fourth-order valence-electron chi connectivity index (χ4n) is 1.84. The molecule has 0 radical (unpaired) electrons. The fraction of sp³-hybridized carbons (Fsp3) is 0.400. The predicted molar refractivity (Wildman–Crippen MR) is 82.7 cm³/mol. The molecule has 108 valence electrons. The molecule has 2 aromatic rings. The zero-order chi connectivity index (χ0) is 14.2. The second-order valence-corrected chi connectivity index (χ2v) is 5.39. The van der Waals surface area contributed by atoms with Crippen LogP contribution in [0.25, 0.3) is 11.3 Å². The third-order valence-corrected chi connectivity index (χ3v) is 3.44. The molecule has 0 aliphatic heterocycles. The van der Waals surface area contributed by atoms with E-state index in [1.807, 2.05) is 24.3 Å². The highest BCUT2D eigenvalue weighted by Gasteiger charge is 2.06. The molecule has 1 aromatic carbocycles. The molecule has 5 heteroatoms. The van der Waals surface area contributed by atoms with Gasteiger partial charge in [-0.2, -0.15) is 0 Å².